The third kappa shape index (κ3) is 1.90. The van der Waals surface area contributed by atoms with Crippen LogP contribution in [-0.2, 0) is 0 Å². The zero-order valence-electron chi connectivity index (χ0n) is 5.95. The van der Waals surface area contributed by atoms with E-state index in [1.54, 1.807) is 0 Å². The van der Waals surface area contributed by atoms with E-state index in [0.29, 0.717) is 13.0 Å². The molecule has 1 aliphatic rings. The predicted octanol–water partition coefficient (Wildman–Crippen LogP) is 1.77. The highest BCUT2D eigenvalue weighted by molar-refractivity contribution is 4.81. The summed E-state index contributed by atoms with van der Waals surface area (Å²) in [4.78, 5) is 0. The van der Waals surface area contributed by atoms with Crippen molar-refractivity contribution in [1.82, 2.24) is 0 Å². The average Bonchev–Trinajstić information content (AvgIpc) is 2.12. The number of halogens is 2. The van der Waals surface area contributed by atoms with Gasteiger partial charge in [0.25, 0.3) is 0 Å². The molecule has 1 saturated carbocycles. The van der Waals surface area contributed by atoms with Gasteiger partial charge in [-0.15, -0.1) is 0 Å². The molecule has 0 amide bonds. The highest BCUT2D eigenvalue weighted by Crippen LogP contribution is 2.39. The standard InChI is InChI=1S/C7H13F2N/c8-7(9)3-1-6(5-7)2-4-10/h6H,1-5,10H2/t6-/m0/s1. The topological polar surface area (TPSA) is 26.0 Å². The molecular weight excluding hydrogens is 136 g/mol. The Morgan fingerprint density at radius 3 is 2.60 bits per heavy atom. The number of hydrogen-bond donors (Lipinski definition) is 1. The van der Waals surface area contributed by atoms with E-state index in [0.717, 1.165) is 6.42 Å². The minimum absolute atomic E-state index is 0.0597. The van der Waals surface area contributed by atoms with Gasteiger partial charge in [-0.1, -0.05) is 0 Å². The minimum atomic E-state index is -2.39. The predicted molar refractivity (Wildman–Crippen MR) is 36.0 cm³/mol. The molecule has 60 valence electrons. The molecule has 2 N–H and O–H groups in total. The first kappa shape index (κ1) is 7.92. The van der Waals surface area contributed by atoms with E-state index in [-0.39, 0.29) is 18.8 Å². The zero-order chi connectivity index (χ0) is 7.61. The Morgan fingerprint density at radius 1 is 1.50 bits per heavy atom. The van der Waals surface area contributed by atoms with Gasteiger partial charge in [0.15, 0.2) is 0 Å². The fourth-order valence-electron chi connectivity index (χ4n) is 1.52. The summed E-state index contributed by atoms with van der Waals surface area (Å²) in [5.74, 6) is -2.21. The molecular formula is C7H13F2N. The molecule has 0 bridgehead atoms. The van der Waals surface area contributed by atoms with Crippen molar-refractivity contribution in [2.45, 2.75) is 31.6 Å². The molecule has 3 heteroatoms. The Labute approximate surface area is 59.6 Å². The van der Waals surface area contributed by atoms with Crippen LogP contribution >= 0.6 is 0 Å². The van der Waals surface area contributed by atoms with E-state index < -0.39 is 5.92 Å². The maximum Gasteiger partial charge on any atom is 0.248 e. The third-order valence-electron chi connectivity index (χ3n) is 2.08. The molecule has 1 rings (SSSR count). The normalized spacial score (nSPS) is 30.9. The van der Waals surface area contributed by atoms with Crippen LogP contribution in [0.5, 0.6) is 0 Å². The largest absolute Gasteiger partial charge is 0.330 e. The zero-order valence-corrected chi connectivity index (χ0v) is 5.95. The fraction of sp³-hybridized carbons (Fsp3) is 1.00. The molecule has 1 fully saturated rings. The lowest BCUT2D eigenvalue weighted by molar-refractivity contribution is 0.00483. The monoisotopic (exact) mass is 149 g/mol. The molecule has 0 saturated heterocycles. The second kappa shape index (κ2) is 2.82. The van der Waals surface area contributed by atoms with Crippen molar-refractivity contribution in [2.75, 3.05) is 6.54 Å². The van der Waals surface area contributed by atoms with Gasteiger partial charge < -0.3 is 5.73 Å². The van der Waals surface area contributed by atoms with Gasteiger partial charge in [0.1, 0.15) is 0 Å². The molecule has 0 aromatic carbocycles. The van der Waals surface area contributed by atoms with E-state index in [2.05, 4.69) is 0 Å². The summed E-state index contributed by atoms with van der Waals surface area (Å²) in [6, 6.07) is 0. The first-order valence-corrected chi connectivity index (χ1v) is 3.72. The van der Waals surface area contributed by atoms with Gasteiger partial charge in [0.2, 0.25) is 5.92 Å². The molecule has 0 aromatic rings. The van der Waals surface area contributed by atoms with E-state index >= 15 is 0 Å². The van der Waals surface area contributed by atoms with E-state index in [1.807, 2.05) is 0 Å². The average molecular weight is 149 g/mol. The van der Waals surface area contributed by atoms with E-state index in [1.165, 1.54) is 0 Å². The van der Waals surface area contributed by atoms with Gasteiger partial charge in [-0.25, -0.2) is 8.78 Å². The van der Waals surface area contributed by atoms with Crippen molar-refractivity contribution in [3.05, 3.63) is 0 Å². The molecule has 0 heterocycles. The minimum Gasteiger partial charge on any atom is -0.330 e. The van der Waals surface area contributed by atoms with Crippen LogP contribution < -0.4 is 5.73 Å². The molecule has 0 radical (unpaired) electrons. The molecule has 1 nitrogen and oxygen atoms in total. The summed E-state index contributed by atoms with van der Waals surface area (Å²) in [7, 11) is 0. The summed E-state index contributed by atoms with van der Waals surface area (Å²) >= 11 is 0. The maximum absolute atomic E-state index is 12.5. The molecule has 0 aromatic heterocycles. The van der Waals surface area contributed by atoms with Gasteiger partial charge in [-0.2, -0.15) is 0 Å². The van der Waals surface area contributed by atoms with Gasteiger partial charge >= 0.3 is 0 Å². The van der Waals surface area contributed by atoms with Gasteiger partial charge in [-0.05, 0) is 25.3 Å². The van der Waals surface area contributed by atoms with Crippen molar-refractivity contribution in [3.8, 4) is 0 Å². The van der Waals surface area contributed by atoms with Crippen LogP contribution in [0, 0.1) is 5.92 Å². The number of rotatable bonds is 2. The Balaban J connectivity index is 2.29. The van der Waals surface area contributed by atoms with Crippen LogP contribution in [0.15, 0.2) is 0 Å². The first-order valence-electron chi connectivity index (χ1n) is 3.72. The van der Waals surface area contributed by atoms with Gasteiger partial charge in [0, 0.05) is 12.8 Å². The summed E-state index contributed by atoms with van der Waals surface area (Å²) in [6.45, 7) is 0.542. The lowest BCUT2D eigenvalue weighted by atomic mass is 10.0. The fourth-order valence-corrected chi connectivity index (χ4v) is 1.52. The Hall–Kier alpha value is -0.180. The highest BCUT2D eigenvalue weighted by atomic mass is 19.3. The Kier molecular flexibility index (Phi) is 2.24. The van der Waals surface area contributed by atoms with Crippen LogP contribution in [0.4, 0.5) is 8.78 Å². The Bertz CT molecular complexity index is 114. The highest BCUT2D eigenvalue weighted by Gasteiger charge is 2.38. The smallest absolute Gasteiger partial charge is 0.248 e. The van der Waals surface area contributed by atoms with Crippen LogP contribution in [-0.4, -0.2) is 12.5 Å². The summed E-state index contributed by atoms with van der Waals surface area (Å²) in [6.07, 6.45) is 1.54. The quantitative estimate of drug-likeness (QED) is 0.636. The maximum atomic E-state index is 12.5. The van der Waals surface area contributed by atoms with Crippen molar-refractivity contribution in [1.29, 1.82) is 0 Å². The molecule has 1 aliphatic carbocycles. The SMILES string of the molecule is NCC[C@@H]1CCC(F)(F)C1. The second-order valence-electron chi connectivity index (χ2n) is 3.04. The molecule has 0 spiro atoms. The second-order valence-corrected chi connectivity index (χ2v) is 3.04. The Morgan fingerprint density at radius 2 is 2.20 bits per heavy atom. The van der Waals surface area contributed by atoms with Crippen molar-refractivity contribution >= 4 is 0 Å². The van der Waals surface area contributed by atoms with Crippen molar-refractivity contribution in [2.24, 2.45) is 11.7 Å². The number of hydrogen-bond acceptors (Lipinski definition) is 1. The van der Waals surface area contributed by atoms with E-state index in [9.17, 15) is 8.78 Å². The lowest BCUT2D eigenvalue weighted by Gasteiger charge is -2.08. The van der Waals surface area contributed by atoms with Crippen LogP contribution in [0.25, 0.3) is 0 Å². The van der Waals surface area contributed by atoms with Crippen LogP contribution in [0.3, 0.4) is 0 Å². The molecule has 0 aliphatic heterocycles. The third-order valence-corrected chi connectivity index (χ3v) is 2.08. The van der Waals surface area contributed by atoms with Crippen LogP contribution in [0.1, 0.15) is 25.7 Å². The van der Waals surface area contributed by atoms with Gasteiger partial charge in [0.05, 0.1) is 0 Å². The van der Waals surface area contributed by atoms with Crippen molar-refractivity contribution in [3.63, 3.8) is 0 Å². The number of nitrogens with two attached hydrogens (primary N) is 1. The lowest BCUT2D eigenvalue weighted by Crippen LogP contribution is -2.11. The van der Waals surface area contributed by atoms with Crippen LogP contribution in [0.2, 0.25) is 0 Å². The summed E-state index contributed by atoms with van der Waals surface area (Å²) in [5.41, 5.74) is 5.25. The first-order chi connectivity index (χ1) is 4.64. The summed E-state index contributed by atoms with van der Waals surface area (Å²) < 4.78 is 25.0. The van der Waals surface area contributed by atoms with Crippen molar-refractivity contribution < 1.29 is 8.78 Å². The molecule has 0 unspecified atom stereocenters. The molecule has 1 atom stereocenters. The van der Waals surface area contributed by atoms with E-state index in [4.69, 9.17) is 5.73 Å². The van der Waals surface area contributed by atoms with Gasteiger partial charge in [-0.3, -0.25) is 0 Å². The number of alkyl halides is 2. The molecule has 10 heavy (non-hydrogen) atoms. The summed E-state index contributed by atoms with van der Waals surface area (Å²) in [5, 5.41) is 0.